The normalized spacial score (nSPS) is 28.2. The van der Waals surface area contributed by atoms with Crippen molar-refractivity contribution in [3.8, 4) is 5.88 Å². The molecule has 1 amide bonds. The zero-order chi connectivity index (χ0) is 21.4. The number of halogens is 2. The van der Waals surface area contributed by atoms with Crippen LogP contribution in [0.15, 0.2) is 30.7 Å². The molecule has 2 aromatic heterocycles. The number of hydrazine groups is 1. The Morgan fingerprint density at radius 2 is 2.10 bits per heavy atom. The molecule has 0 radical (unpaired) electrons. The summed E-state index contributed by atoms with van der Waals surface area (Å²) in [5.74, 6) is 0.137. The van der Waals surface area contributed by atoms with Gasteiger partial charge in [0.05, 0.1) is 24.1 Å². The molecule has 2 aliphatic heterocycles. The second kappa shape index (κ2) is 8.48. The first-order valence-electron chi connectivity index (χ1n) is 10.5. The molecule has 31 heavy (non-hydrogen) atoms. The van der Waals surface area contributed by atoms with Crippen molar-refractivity contribution in [2.75, 3.05) is 18.4 Å². The van der Waals surface area contributed by atoms with Gasteiger partial charge in [-0.15, -0.1) is 0 Å². The summed E-state index contributed by atoms with van der Waals surface area (Å²) in [5, 5.41) is 10.6. The number of nitrogens with zero attached hydrogens (tertiary/aromatic N) is 3. The lowest BCUT2D eigenvalue weighted by atomic mass is 9.74. The zero-order valence-electron chi connectivity index (χ0n) is 16.8. The van der Waals surface area contributed by atoms with E-state index in [0.717, 1.165) is 32.4 Å². The number of carbonyl (C=O) groups excluding carboxylic acids is 1. The van der Waals surface area contributed by atoms with E-state index in [4.69, 9.17) is 0 Å². The Balaban J connectivity index is 1.22. The summed E-state index contributed by atoms with van der Waals surface area (Å²) in [6.45, 7) is -1.02. The summed E-state index contributed by atoms with van der Waals surface area (Å²) in [6, 6.07) is 3.07. The van der Waals surface area contributed by atoms with Crippen LogP contribution in [0, 0.1) is 5.92 Å². The third-order valence-electron chi connectivity index (χ3n) is 6.48. The van der Waals surface area contributed by atoms with Crippen LogP contribution in [0.2, 0.25) is 0 Å². The van der Waals surface area contributed by atoms with Crippen LogP contribution in [-0.2, 0) is 4.79 Å². The molecular weight excluding hydrogens is 408 g/mol. The molecule has 4 unspecified atom stereocenters. The number of hydrogen-bond donors (Lipinski definition) is 4. The fourth-order valence-electron chi connectivity index (χ4n) is 4.68. The summed E-state index contributed by atoms with van der Waals surface area (Å²) in [6.07, 6.45) is 8.33. The van der Waals surface area contributed by atoms with Crippen molar-refractivity contribution in [1.29, 1.82) is 0 Å². The van der Waals surface area contributed by atoms with Gasteiger partial charge >= 0.3 is 6.61 Å². The fraction of sp³-hybridized carbons (Fsp3) is 0.550. The molecule has 0 aromatic carbocycles. The number of hydrogen-bond acceptors (Lipinski definition) is 7. The number of aromatic nitrogens is 3. The van der Waals surface area contributed by atoms with Crippen molar-refractivity contribution in [1.82, 2.24) is 30.9 Å². The van der Waals surface area contributed by atoms with Gasteiger partial charge in [-0.3, -0.25) is 14.9 Å². The van der Waals surface area contributed by atoms with Crippen LogP contribution < -0.4 is 26.2 Å². The molecule has 0 bridgehead atoms. The molecular formula is C20H25F2N7O2. The quantitative estimate of drug-likeness (QED) is 0.546. The Kier molecular flexibility index (Phi) is 5.55. The van der Waals surface area contributed by atoms with Crippen LogP contribution in [0.4, 0.5) is 14.5 Å². The lowest BCUT2D eigenvalue weighted by molar-refractivity contribution is -0.119. The molecule has 3 aliphatic rings. The predicted octanol–water partition coefficient (Wildman–Crippen LogP) is 1.39. The van der Waals surface area contributed by atoms with Gasteiger partial charge < -0.3 is 15.4 Å². The van der Waals surface area contributed by atoms with E-state index in [0.29, 0.717) is 17.6 Å². The van der Waals surface area contributed by atoms with E-state index in [-0.39, 0.29) is 23.7 Å². The van der Waals surface area contributed by atoms with Gasteiger partial charge in [0.15, 0.2) is 0 Å². The van der Waals surface area contributed by atoms with Crippen molar-refractivity contribution < 1.29 is 18.3 Å². The summed E-state index contributed by atoms with van der Waals surface area (Å²) in [7, 11) is 0. The van der Waals surface area contributed by atoms with Crippen LogP contribution >= 0.6 is 0 Å². The number of carbonyl (C=O) groups is 1. The minimum Gasteiger partial charge on any atom is -0.417 e. The molecule has 9 nitrogen and oxygen atoms in total. The molecule has 2 saturated heterocycles. The predicted molar refractivity (Wildman–Crippen MR) is 108 cm³/mol. The smallest absolute Gasteiger partial charge is 0.388 e. The monoisotopic (exact) mass is 433 g/mol. The molecule has 11 heteroatoms. The van der Waals surface area contributed by atoms with Gasteiger partial charge in [-0.2, -0.15) is 13.9 Å². The third-order valence-corrected chi connectivity index (χ3v) is 6.48. The molecule has 4 N–H and O–H groups in total. The van der Waals surface area contributed by atoms with Gasteiger partial charge in [-0.05, 0) is 36.8 Å². The molecule has 5 rings (SSSR count). The summed E-state index contributed by atoms with van der Waals surface area (Å²) >= 11 is 0. The largest absolute Gasteiger partial charge is 0.417 e. The molecule has 2 aromatic rings. The van der Waals surface area contributed by atoms with Crippen molar-refractivity contribution in [3.63, 3.8) is 0 Å². The number of anilines is 1. The Morgan fingerprint density at radius 3 is 2.81 bits per heavy atom. The number of alkyl halides is 2. The lowest BCUT2D eigenvalue weighted by Gasteiger charge is -2.32. The van der Waals surface area contributed by atoms with E-state index in [1.807, 2.05) is 10.9 Å². The molecule has 4 heterocycles. The van der Waals surface area contributed by atoms with E-state index in [1.165, 1.54) is 23.9 Å². The number of amides is 1. The second-order valence-electron chi connectivity index (χ2n) is 8.37. The number of fused-ring (bicyclic) bond motifs is 1. The van der Waals surface area contributed by atoms with Gasteiger partial charge in [0.25, 0.3) is 0 Å². The van der Waals surface area contributed by atoms with Crippen LogP contribution in [-0.4, -0.2) is 52.5 Å². The second-order valence-corrected chi connectivity index (χ2v) is 8.37. The van der Waals surface area contributed by atoms with Crippen LogP contribution in [0.3, 0.4) is 0 Å². The maximum absolute atomic E-state index is 12.9. The van der Waals surface area contributed by atoms with Crippen LogP contribution in [0.1, 0.15) is 36.8 Å². The fourth-order valence-corrected chi connectivity index (χ4v) is 4.68. The van der Waals surface area contributed by atoms with Crippen molar-refractivity contribution >= 4 is 11.6 Å². The maximum Gasteiger partial charge on any atom is 0.388 e. The van der Waals surface area contributed by atoms with E-state index in [9.17, 15) is 13.6 Å². The highest BCUT2D eigenvalue weighted by Gasteiger charge is 2.44. The topological polar surface area (TPSA) is 105 Å². The maximum atomic E-state index is 12.9. The van der Waals surface area contributed by atoms with Gasteiger partial charge in [0, 0.05) is 37.3 Å². The molecule has 0 spiro atoms. The van der Waals surface area contributed by atoms with E-state index >= 15 is 0 Å². The van der Waals surface area contributed by atoms with Gasteiger partial charge in [0.2, 0.25) is 11.8 Å². The van der Waals surface area contributed by atoms with Gasteiger partial charge in [0.1, 0.15) is 6.04 Å². The first kappa shape index (κ1) is 20.3. The first-order chi connectivity index (χ1) is 15.1. The minimum absolute atomic E-state index is 0.141. The summed E-state index contributed by atoms with van der Waals surface area (Å²) < 4.78 is 30.8. The van der Waals surface area contributed by atoms with Crippen molar-refractivity contribution in [2.45, 2.75) is 49.9 Å². The van der Waals surface area contributed by atoms with E-state index in [1.54, 1.807) is 0 Å². The lowest BCUT2D eigenvalue weighted by Crippen LogP contribution is -2.43. The number of nitrogens with one attached hydrogen (secondary N) is 4. The average molecular weight is 433 g/mol. The number of pyridine rings is 1. The molecule has 1 saturated carbocycles. The minimum atomic E-state index is -2.93. The summed E-state index contributed by atoms with van der Waals surface area (Å²) in [4.78, 5) is 16.7. The molecule has 166 valence electrons. The van der Waals surface area contributed by atoms with Crippen LogP contribution in [0.5, 0.6) is 5.88 Å². The Morgan fingerprint density at radius 1 is 1.23 bits per heavy atom. The number of rotatable bonds is 6. The van der Waals surface area contributed by atoms with E-state index < -0.39 is 12.7 Å². The third kappa shape index (κ3) is 4.25. The first-order valence-corrected chi connectivity index (χ1v) is 10.5. The van der Waals surface area contributed by atoms with Gasteiger partial charge in [-0.1, -0.05) is 0 Å². The molecule has 4 atom stereocenters. The van der Waals surface area contributed by atoms with Crippen molar-refractivity contribution in [2.24, 2.45) is 5.92 Å². The average Bonchev–Trinajstić information content (AvgIpc) is 3.34. The summed E-state index contributed by atoms with van der Waals surface area (Å²) in [5.41, 5.74) is 8.06. The van der Waals surface area contributed by atoms with Crippen LogP contribution in [0.25, 0.3) is 0 Å². The Hall–Kier alpha value is -2.63. The highest BCUT2D eigenvalue weighted by Crippen LogP contribution is 2.40. The Labute approximate surface area is 177 Å². The highest BCUT2D eigenvalue weighted by molar-refractivity contribution is 5.95. The SMILES string of the molecule is O=C(Nc1ccc(OC(F)F)nc1)C1NNC2CCC(c3cnn(C4CNC4)c3)CC21. The molecule has 1 aliphatic carbocycles. The highest BCUT2D eigenvalue weighted by atomic mass is 19.3. The Bertz CT molecular complexity index is 919. The van der Waals surface area contributed by atoms with E-state index in [2.05, 4.69) is 42.5 Å². The van der Waals surface area contributed by atoms with Gasteiger partial charge in [-0.25, -0.2) is 10.4 Å². The molecule has 3 fully saturated rings. The number of ether oxygens (including phenoxy) is 1. The van der Waals surface area contributed by atoms with Crippen molar-refractivity contribution in [3.05, 3.63) is 36.3 Å². The standard InChI is InChI=1S/C20H25F2N7O2/c21-20(22)31-17-4-2-13(7-24-17)26-19(30)18-15-5-11(1-3-16(15)27-28-18)12-6-25-29(10-12)14-8-23-9-14/h2,4,6-7,10-11,14-16,18,20,23,27-28H,1,3,5,8-9H2,(H,26,30). The zero-order valence-corrected chi connectivity index (χ0v) is 16.8.